The van der Waals surface area contributed by atoms with Gasteiger partial charge in [0, 0.05) is 18.3 Å². The van der Waals surface area contributed by atoms with E-state index in [1.165, 1.54) is 0 Å². The summed E-state index contributed by atoms with van der Waals surface area (Å²) in [5, 5.41) is 0. The Morgan fingerprint density at radius 2 is 2.06 bits per heavy atom. The molecule has 2 rings (SSSR count). The Balaban J connectivity index is 2.21. The minimum atomic E-state index is 0.625. The molecular weight excluding hydrogens is 202 g/mol. The monoisotopic (exact) mass is 217 g/mol. The molecule has 4 nitrogen and oxygen atoms in total. The van der Waals surface area contributed by atoms with Crippen LogP contribution in [0.1, 0.15) is 5.69 Å². The van der Waals surface area contributed by atoms with Crippen LogP contribution in [0.15, 0.2) is 36.8 Å². The third kappa shape index (κ3) is 2.23. The number of nitrogens with two attached hydrogens (primary N) is 1. The molecule has 1 aromatic carbocycles. The molecule has 0 spiro atoms. The van der Waals surface area contributed by atoms with Crippen LogP contribution in [0.2, 0.25) is 0 Å². The van der Waals surface area contributed by atoms with Crippen molar-refractivity contribution in [2.24, 2.45) is 5.73 Å². The van der Waals surface area contributed by atoms with Crippen molar-refractivity contribution in [1.82, 2.24) is 9.55 Å². The van der Waals surface area contributed by atoms with Gasteiger partial charge in [0.1, 0.15) is 5.75 Å². The largest absolute Gasteiger partial charge is 0.497 e. The van der Waals surface area contributed by atoms with E-state index in [2.05, 4.69) is 4.98 Å². The molecule has 0 atom stereocenters. The van der Waals surface area contributed by atoms with Gasteiger partial charge in [-0.2, -0.15) is 0 Å². The van der Waals surface area contributed by atoms with Crippen molar-refractivity contribution in [1.29, 1.82) is 0 Å². The molecule has 4 heteroatoms. The van der Waals surface area contributed by atoms with Crippen molar-refractivity contribution in [3.05, 3.63) is 42.5 Å². The Kier molecular flexibility index (Phi) is 3.22. The molecule has 2 N–H and O–H groups in total. The van der Waals surface area contributed by atoms with Gasteiger partial charge >= 0.3 is 0 Å². The molecule has 84 valence electrons. The molecule has 0 aliphatic rings. The summed E-state index contributed by atoms with van der Waals surface area (Å²) in [7, 11) is 1.66. The number of aromatic nitrogens is 2. The van der Waals surface area contributed by atoms with E-state index in [4.69, 9.17) is 10.5 Å². The van der Waals surface area contributed by atoms with Crippen molar-refractivity contribution >= 4 is 0 Å². The Hall–Kier alpha value is -1.81. The number of imidazole rings is 1. The summed E-state index contributed by atoms with van der Waals surface area (Å²) in [4.78, 5) is 4.28. The summed E-state index contributed by atoms with van der Waals surface area (Å²) in [6, 6.07) is 7.84. The molecule has 0 amide bonds. The minimum absolute atomic E-state index is 0.625. The van der Waals surface area contributed by atoms with Gasteiger partial charge in [-0.05, 0) is 30.8 Å². The van der Waals surface area contributed by atoms with Crippen LogP contribution in [-0.2, 0) is 6.42 Å². The molecule has 0 aliphatic carbocycles. The lowest BCUT2D eigenvalue weighted by Crippen LogP contribution is -2.02. The maximum absolute atomic E-state index is 5.48. The molecule has 0 radical (unpaired) electrons. The van der Waals surface area contributed by atoms with Crippen molar-refractivity contribution < 1.29 is 4.74 Å². The van der Waals surface area contributed by atoms with Crippen LogP contribution in [0.25, 0.3) is 5.69 Å². The van der Waals surface area contributed by atoms with E-state index in [9.17, 15) is 0 Å². The van der Waals surface area contributed by atoms with Crippen LogP contribution < -0.4 is 10.5 Å². The first kappa shape index (κ1) is 10.7. The average molecular weight is 217 g/mol. The van der Waals surface area contributed by atoms with E-state index in [1.54, 1.807) is 13.4 Å². The highest BCUT2D eigenvalue weighted by Gasteiger charge is 2.00. The second-order valence-corrected chi connectivity index (χ2v) is 3.51. The zero-order valence-electron chi connectivity index (χ0n) is 9.26. The van der Waals surface area contributed by atoms with Gasteiger partial charge < -0.3 is 15.0 Å². The molecular formula is C12H15N3O. The van der Waals surface area contributed by atoms with Gasteiger partial charge in [0.25, 0.3) is 0 Å². The van der Waals surface area contributed by atoms with E-state index in [-0.39, 0.29) is 0 Å². The SMILES string of the molecule is COc1ccc(-n2cnc(CCN)c2)cc1. The maximum Gasteiger partial charge on any atom is 0.119 e. The topological polar surface area (TPSA) is 53.1 Å². The molecule has 1 aromatic heterocycles. The number of methoxy groups -OCH3 is 1. The fourth-order valence-corrected chi connectivity index (χ4v) is 1.54. The second-order valence-electron chi connectivity index (χ2n) is 3.51. The van der Waals surface area contributed by atoms with Crippen molar-refractivity contribution in [2.75, 3.05) is 13.7 Å². The van der Waals surface area contributed by atoms with E-state index >= 15 is 0 Å². The van der Waals surface area contributed by atoms with Crippen molar-refractivity contribution in [3.8, 4) is 11.4 Å². The van der Waals surface area contributed by atoms with Crippen LogP contribution in [0.5, 0.6) is 5.75 Å². The van der Waals surface area contributed by atoms with Crippen LogP contribution in [0.3, 0.4) is 0 Å². The Labute approximate surface area is 94.7 Å². The van der Waals surface area contributed by atoms with Crippen molar-refractivity contribution in [3.63, 3.8) is 0 Å². The molecule has 0 bridgehead atoms. The molecule has 0 saturated heterocycles. The molecule has 0 unspecified atom stereocenters. The van der Waals surface area contributed by atoms with E-state index in [0.29, 0.717) is 6.54 Å². The first-order valence-electron chi connectivity index (χ1n) is 5.21. The summed E-state index contributed by atoms with van der Waals surface area (Å²) < 4.78 is 7.08. The zero-order valence-corrected chi connectivity index (χ0v) is 9.26. The number of ether oxygens (including phenoxy) is 1. The number of hydrogen-bond donors (Lipinski definition) is 1. The summed E-state index contributed by atoms with van der Waals surface area (Å²) in [5.41, 5.74) is 7.56. The van der Waals surface area contributed by atoms with Gasteiger partial charge in [-0.25, -0.2) is 4.98 Å². The highest BCUT2D eigenvalue weighted by molar-refractivity contribution is 5.37. The third-order valence-electron chi connectivity index (χ3n) is 2.41. The number of nitrogens with zero attached hydrogens (tertiary/aromatic N) is 2. The van der Waals surface area contributed by atoms with Gasteiger partial charge in [-0.3, -0.25) is 0 Å². The summed E-state index contributed by atoms with van der Waals surface area (Å²) in [5.74, 6) is 0.853. The Morgan fingerprint density at radius 3 is 2.69 bits per heavy atom. The molecule has 0 saturated carbocycles. The highest BCUT2D eigenvalue weighted by Crippen LogP contribution is 2.15. The summed E-state index contributed by atoms with van der Waals surface area (Å²) >= 11 is 0. The third-order valence-corrected chi connectivity index (χ3v) is 2.41. The van der Waals surface area contributed by atoms with Gasteiger partial charge in [-0.1, -0.05) is 0 Å². The van der Waals surface area contributed by atoms with Gasteiger partial charge in [0.05, 0.1) is 19.1 Å². The van der Waals surface area contributed by atoms with Crippen LogP contribution in [0, 0.1) is 0 Å². The van der Waals surface area contributed by atoms with E-state index < -0.39 is 0 Å². The predicted molar refractivity (Wildman–Crippen MR) is 62.9 cm³/mol. The molecule has 0 fully saturated rings. The Morgan fingerprint density at radius 1 is 1.31 bits per heavy atom. The quantitative estimate of drug-likeness (QED) is 0.841. The molecule has 1 heterocycles. The average Bonchev–Trinajstić information content (AvgIpc) is 2.78. The maximum atomic E-state index is 5.48. The van der Waals surface area contributed by atoms with Gasteiger partial charge in [0.15, 0.2) is 0 Å². The molecule has 16 heavy (non-hydrogen) atoms. The summed E-state index contributed by atoms with van der Waals surface area (Å²) in [6.07, 6.45) is 4.60. The number of benzene rings is 1. The van der Waals surface area contributed by atoms with Crippen LogP contribution >= 0.6 is 0 Å². The van der Waals surface area contributed by atoms with Crippen LogP contribution in [0.4, 0.5) is 0 Å². The standard InChI is InChI=1S/C12H15N3O/c1-16-12-4-2-11(3-5-12)15-8-10(6-7-13)14-9-15/h2-5,8-9H,6-7,13H2,1H3. The number of rotatable bonds is 4. The van der Waals surface area contributed by atoms with Gasteiger partial charge in [-0.15, -0.1) is 0 Å². The Bertz CT molecular complexity index is 448. The molecule has 0 aliphatic heterocycles. The lowest BCUT2D eigenvalue weighted by molar-refractivity contribution is 0.415. The van der Waals surface area contributed by atoms with Gasteiger partial charge in [0.2, 0.25) is 0 Å². The predicted octanol–water partition coefficient (Wildman–Crippen LogP) is 1.38. The summed E-state index contributed by atoms with van der Waals surface area (Å²) in [6.45, 7) is 0.625. The molecule has 2 aromatic rings. The second kappa shape index (κ2) is 4.81. The van der Waals surface area contributed by atoms with E-state index in [0.717, 1.165) is 23.6 Å². The number of hydrogen-bond acceptors (Lipinski definition) is 3. The zero-order chi connectivity index (χ0) is 11.4. The first-order chi connectivity index (χ1) is 7.83. The normalized spacial score (nSPS) is 10.4. The van der Waals surface area contributed by atoms with Crippen LogP contribution in [-0.4, -0.2) is 23.2 Å². The van der Waals surface area contributed by atoms with E-state index in [1.807, 2.05) is 35.0 Å². The fraction of sp³-hybridized carbons (Fsp3) is 0.250. The highest BCUT2D eigenvalue weighted by atomic mass is 16.5. The lowest BCUT2D eigenvalue weighted by atomic mass is 10.3. The minimum Gasteiger partial charge on any atom is -0.497 e. The first-order valence-corrected chi connectivity index (χ1v) is 5.21. The van der Waals surface area contributed by atoms with Crippen molar-refractivity contribution in [2.45, 2.75) is 6.42 Å². The smallest absolute Gasteiger partial charge is 0.119 e. The fourth-order valence-electron chi connectivity index (χ4n) is 1.54. The lowest BCUT2D eigenvalue weighted by Gasteiger charge is -2.03.